The topological polar surface area (TPSA) is 156 Å². The minimum Gasteiger partial charge on any atom is -0.382 e. The van der Waals surface area contributed by atoms with Crippen LogP contribution < -0.4 is 16.4 Å². The third kappa shape index (κ3) is 6.39. The van der Waals surface area contributed by atoms with Crippen molar-refractivity contribution in [2.45, 2.75) is 25.3 Å². The average molecular weight is 544 g/mol. The SMILES string of the molecule is Nc1n[nH]c2cc(CC(=O)N[C@@H](Cc3ccccc3)C(=O)NCCc3cc(Cl)ccc3-n3cnnn3)ccc12. The van der Waals surface area contributed by atoms with E-state index in [1.807, 2.05) is 60.7 Å². The van der Waals surface area contributed by atoms with Crippen LogP contribution in [0, 0.1) is 0 Å². The number of hydrogen-bond acceptors (Lipinski definition) is 7. The van der Waals surface area contributed by atoms with E-state index >= 15 is 0 Å². The number of H-pyrrole nitrogens is 1. The first-order valence-electron chi connectivity index (χ1n) is 12.3. The van der Waals surface area contributed by atoms with E-state index in [9.17, 15) is 9.59 Å². The Morgan fingerprint density at radius 2 is 1.90 bits per heavy atom. The fraction of sp³-hybridized carbons (Fsp3) is 0.185. The number of carbonyl (C=O) groups excluding carboxylic acids is 2. The molecule has 2 amide bonds. The number of nitrogens with zero attached hydrogens (tertiary/aromatic N) is 5. The predicted molar refractivity (Wildman–Crippen MR) is 147 cm³/mol. The molecular weight excluding hydrogens is 518 g/mol. The molecule has 0 saturated heterocycles. The van der Waals surface area contributed by atoms with Crippen LogP contribution in [0.15, 0.2) is 73.1 Å². The summed E-state index contributed by atoms with van der Waals surface area (Å²) in [4.78, 5) is 26.3. The molecule has 0 aliphatic carbocycles. The van der Waals surface area contributed by atoms with E-state index in [2.05, 4.69) is 36.4 Å². The van der Waals surface area contributed by atoms with Crippen LogP contribution in [0.3, 0.4) is 0 Å². The molecule has 3 aromatic carbocycles. The van der Waals surface area contributed by atoms with Crippen molar-refractivity contribution in [2.75, 3.05) is 12.3 Å². The maximum absolute atomic E-state index is 13.3. The van der Waals surface area contributed by atoms with Crippen molar-refractivity contribution in [1.29, 1.82) is 0 Å². The van der Waals surface area contributed by atoms with Crippen molar-refractivity contribution in [1.82, 2.24) is 41.0 Å². The van der Waals surface area contributed by atoms with E-state index in [0.717, 1.165) is 33.3 Å². The van der Waals surface area contributed by atoms with Gasteiger partial charge in [-0.1, -0.05) is 48.0 Å². The van der Waals surface area contributed by atoms with E-state index in [-0.39, 0.29) is 18.2 Å². The highest BCUT2D eigenvalue weighted by Gasteiger charge is 2.22. The highest BCUT2D eigenvalue weighted by atomic mass is 35.5. The summed E-state index contributed by atoms with van der Waals surface area (Å²) >= 11 is 6.21. The molecule has 0 spiro atoms. The van der Waals surface area contributed by atoms with Gasteiger partial charge in [0, 0.05) is 23.4 Å². The van der Waals surface area contributed by atoms with Gasteiger partial charge in [-0.3, -0.25) is 14.7 Å². The van der Waals surface area contributed by atoms with E-state index in [1.54, 1.807) is 10.7 Å². The Bertz CT molecular complexity index is 1590. The molecule has 2 aromatic heterocycles. The van der Waals surface area contributed by atoms with E-state index in [1.165, 1.54) is 6.33 Å². The van der Waals surface area contributed by atoms with E-state index < -0.39 is 6.04 Å². The van der Waals surface area contributed by atoms with Gasteiger partial charge in [-0.15, -0.1) is 5.10 Å². The number of anilines is 1. The number of hydrogen-bond donors (Lipinski definition) is 4. The Balaban J connectivity index is 1.25. The number of aromatic amines is 1. The summed E-state index contributed by atoms with van der Waals surface area (Å²) < 4.78 is 1.54. The Morgan fingerprint density at radius 3 is 2.69 bits per heavy atom. The molecule has 0 aliphatic rings. The summed E-state index contributed by atoms with van der Waals surface area (Å²) in [5, 5.41) is 25.4. The molecule has 1 atom stereocenters. The van der Waals surface area contributed by atoms with Crippen LogP contribution in [-0.4, -0.2) is 54.8 Å². The standard InChI is InChI=1S/C27H26ClN9O2/c28-20-7-9-24(37-16-31-35-36-37)19(15-20)10-11-30-27(39)23(12-17-4-2-1-3-5-17)32-25(38)14-18-6-8-21-22(13-18)33-34-26(21)29/h1-9,13,15-16,23H,10-12,14H2,(H,30,39)(H,32,38)(H3,29,33,34)/t23-/m0/s1. The maximum atomic E-state index is 13.3. The van der Waals surface area contributed by atoms with Crippen molar-refractivity contribution in [3.05, 3.63) is 94.8 Å². The summed E-state index contributed by atoms with van der Waals surface area (Å²) in [7, 11) is 0. The van der Waals surface area contributed by atoms with Gasteiger partial charge in [0.1, 0.15) is 12.4 Å². The van der Waals surface area contributed by atoms with E-state index in [4.69, 9.17) is 17.3 Å². The summed E-state index contributed by atoms with van der Waals surface area (Å²) in [6.07, 6.45) is 2.43. The second-order valence-electron chi connectivity index (χ2n) is 9.04. The normalized spacial score (nSPS) is 11.8. The molecule has 2 heterocycles. The van der Waals surface area contributed by atoms with Crippen molar-refractivity contribution in [2.24, 2.45) is 0 Å². The smallest absolute Gasteiger partial charge is 0.242 e. The van der Waals surface area contributed by atoms with Crippen molar-refractivity contribution < 1.29 is 9.59 Å². The first-order valence-corrected chi connectivity index (χ1v) is 12.7. The van der Waals surface area contributed by atoms with Gasteiger partial charge < -0.3 is 16.4 Å². The number of amides is 2. The van der Waals surface area contributed by atoms with Crippen LogP contribution in [0.4, 0.5) is 5.82 Å². The summed E-state index contributed by atoms with van der Waals surface area (Å²) in [5.74, 6) is -0.146. The Hall–Kier alpha value is -4.77. The number of halogens is 1. The predicted octanol–water partition coefficient (Wildman–Crippen LogP) is 2.40. The number of nitrogen functional groups attached to an aromatic ring is 1. The minimum absolute atomic E-state index is 0.102. The first kappa shape index (κ1) is 25.9. The molecule has 0 bridgehead atoms. The zero-order chi connectivity index (χ0) is 27.2. The number of benzene rings is 3. The van der Waals surface area contributed by atoms with Crippen molar-refractivity contribution in [3.63, 3.8) is 0 Å². The van der Waals surface area contributed by atoms with Gasteiger partial charge in [0.05, 0.1) is 17.6 Å². The monoisotopic (exact) mass is 543 g/mol. The summed E-state index contributed by atoms with van der Waals surface area (Å²) in [6.45, 7) is 0.327. The van der Waals surface area contributed by atoms with Crippen molar-refractivity contribution >= 4 is 40.1 Å². The summed E-state index contributed by atoms with van der Waals surface area (Å²) in [6, 6.07) is 19.7. The van der Waals surface area contributed by atoms with Gasteiger partial charge in [-0.25, -0.2) is 4.68 Å². The lowest BCUT2D eigenvalue weighted by Crippen LogP contribution is -2.48. The molecule has 198 valence electrons. The zero-order valence-electron chi connectivity index (χ0n) is 20.8. The highest BCUT2D eigenvalue weighted by Crippen LogP contribution is 2.20. The molecule has 0 aliphatic heterocycles. The number of carbonyl (C=O) groups is 2. The number of fused-ring (bicyclic) bond motifs is 1. The van der Waals surface area contributed by atoms with Gasteiger partial charge in [0.15, 0.2) is 5.82 Å². The fourth-order valence-corrected chi connectivity index (χ4v) is 4.58. The molecule has 5 N–H and O–H groups in total. The lowest BCUT2D eigenvalue weighted by Gasteiger charge is -2.19. The average Bonchev–Trinajstić information content (AvgIpc) is 3.59. The molecule has 5 rings (SSSR count). The number of tetrazole rings is 1. The van der Waals surface area contributed by atoms with Crippen molar-refractivity contribution in [3.8, 4) is 5.69 Å². The number of rotatable bonds is 10. The molecule has 39 heavy (non-hydrogen) atoms. The molecular formula is C27H26ClN9O2. The Morgan fingerprint density at radius 1 is 1.05 bits per heavy atom. The third-order valence-electron chi connectivity index (χ3n) is 6.29. The van der Waals surface area contributed by atoms with E-state index in [0.29, 0.717) is 30.2 Å². The molecule has 11 nitrogen and oxygen atoms in total. The lowest BCUT2D eigenvalue weighted by molar-refractivity contribution is -0.128. The fourth-order valence-electron chi connectivity index (χ4n) is 4.38. The molecule has 12 heteroatoms. The van der Waals surface area contributed by atoms with Crippen LogP contribution >= 0.6 is 11.6 Å². The second-order valence-corrected chi connectivity index (χ2v) is 9.48. The number of aromatic nitrogens is 6. The van der Waals surface area contributed by atoms with Crippen LogP contribution in [0.1, 0.15) is 16.7 Å². The molecule has 0 unspecified atom stereocenters. The quantitative estimate of drug-likeness (QED) is 0.211. The van der Waals surface area contributed by atoms with Crippen LogP contribution in [0.25, 0.3) is 16.6 Å². The maximum Gasteiger partial charge on any atom is 0.242 e. The second kappa shape index (κ2) is 11.7. The molecule has 5 aromatic rings. The molecule has 0 fully saturated rings. The van der Waals surface area contributed by atoms with Crippen LogP contribution in [0.2, 0.25) is 5.02 Å². The first-order chi connectivity index (χ1) is 19.0. The molecule has 0 saturated carbocycles. The van der Waals surface area contributed by atoms with Gasteiger partial charge in [0.25, 0.3) is 0 Å². The van der Waals surface area contributed by atoms with Crippen LogP contribution in [0.5, 0.6) is 0 Å². The zero-order valence-corrected chi connectivity index (χ0v) is 21.6. The molecule has 0 radical (unpaired) electrons. The third-order valence-corrected chi connectivity index (χ3v) is 6.52. The Labute approximate surface area is 228 Å². The van der Waals surface area contributed by atoms with Gasteiger partial charge in [-0.05, 0) is 63.9 Å². The largest absolute Gasteiger partial charge is 0.382 e. The lowest BCUT2D eigenvalue weighted by atomic mass is 10.0. The van der Waals surface area contributed by atoms with Gasteiger partial charge in [-0.2, -0.15) is 5.10 Å². The summed E-state index contributed by atoms with van der Waals surface area (Å²) in [5.41, 5.74) is 9.93. The number of nitrogens with two attached hydrogens (primary N) is 1. The minimum atomic E-state index is -0.759. The Kier molecular flexibility index (Phi) is 7.78. The highest BCUT2D eigenvalue weighted by molar-refractivity contribution is 6.30. The van der Waals surface area contributed by atoms with Crippen LogP contribution in [-0.2, 0) is 28.9 Å². The van der Waals surface area contributed by atoms with Gasteiger partial charge in [0.2, 0.25) is 11.8 Å². The number of nitrogens with one attached hydrogen (secondary N) is 3. The van der Waals surface area contributed by atoms with Gasteiger partial charge >= 0.3 is 0 Å².